The van der Waals surface area contributed by atoms with E-state index in [-0.39, 0.29) is 17.9 Å². The first kappa shape index (κ1) is 30.7. The minimum Gasteiger partial charge on any atom is -0.494 e. The molecular weight excluding hydrogens is 550 g/mol. The van der Waals surface area contributed by atoms with E-state index in [0.29, 0.717) is 48.8 Å². The number of ether oxygens (including phenoxy) is 2. The van der Waals surface area contributed by atoms with Crippen molar-refractivity contribution in [1.82, 2.24) is 14.5 Å². The highest BCUT2D eigenvalue weighted by molar-refractivity contribution is 5.82. The van der Waals surface area contributed by atoms with Crippen LogP contribution in [0, 0.1) is 6.92 Å². The molecule has 0 aliphatic rings. The molecule has 1 atom stereocenters. The van der Waals surface area contributed by atoms with E-state index in [1.54, 1.807) is 9.47 Å². The Labute approximate surface area is 258 Å². The summed E-state index contributed by atoms with van der Waals surface area (Å²) in [6.07, 6.45) is 0.214. The van der Waals surface area contributed by atoms with E-state index in [1.807, 2.05) is 113 Å². The Hall–Kier alpha value is -4.75. The van der Waals surface area contributed by atoms with E-state index in [4.69, 9.17) is 14.5 Å². The predicted octanol–water partition coefficient (Wildman–Crippen LogP) is 6.93. The van der Waals surface area contributed by atoms with Gasteiger partial charge in [-0.3, -0.25) is 14.2 Å². The number of carbonyl (C=O) groups excluding carboxylic acids is 1. The van der Waals surface area contributed by atoms with Gasteiger partial charge in [-0.15, -0.1) is 0 Å². The van der Waals surface area contributed by atoms with Gasteiger partial charge in [-0.1, -0.05) is 66.7 Å². The monoisotopic (exact) mass is 589 g/mol. The van der Waals surface area contributed by atoms with Crippen molar-refractivity contribution in [3.8, 4) is 22.6 Å². The molecule has 0 aliphatic heterocycles. The van der Waals surface area contributed by atoms with Gasteiger partial charge in [0.2, 0.25) is 5.91 Å². The molecule has 1 amide bonds. The van der Waals surface area contributed by atoms with Gasteiger partial charge in [0, 0.05) is 13.2 Å². The van der Waals surface area contributed by atoms with Crippen LogP contribution in [0.1, 0.15) is 43.8 Å². The normalized spacial score (nSPS) is 11.8. The van der Waals surface area contributed by atoms with Gasteiger partial charge in [0.1, 0.15) is 11.6 Å². The zero-order valence-electron chi connectivity index (χ0n) is 25.8. The molecule has 7 heteroatoms. The van der Waals surface area contributed by atoms with Crippen molar-refractivity contribution in [2.24, 2.45) is 0 Å². The van der Waals surface area contributed by atoms with Crippen molar-refractivity contribution < 1.29 is 14.3 Å². The van der Waals surface area contributed by atoms with E-state index in [2.05, 4.69) is 12.1 Å². The summed E-state index contributed by atoms with van der Waals surface area (Å²) in [7, 11) is 0. The quantitative estimate of drug-likeness (QED) is 0.148. The van der Waals surface area contributed by atoms with E-state index < -0.39 is 6.04 Å². The molecular formula is C37H39N3O4. The van der Waals surface area contributed by atoms with Gasteiger partial charge in [-0.25, -0.2) is 4.98 Å². The SMILES string of the molecule is CCOCCN(C(=O)Cc1ccc(-c2ccccc2)cc1)C(C)c1nc2cccc(C)c2c(=O)n1-c1ccc(OCC)cc1. The first-order chi connectivity index (χ1) is 21.4. The van der Waals surface area contributed by atoms with Crippen LogP contribution in [0.4, 0.5) is 0 Å². The zero-order valence-corrected chi connectivity index (χ0v) is 25.8. The Bertz CT molecular complexity index is 1760. The number of aromatic nitrogens is 2. The molecule has 4 aromatic carbocycles. The molecule has 7 nitrogen and oxygen atoms in total. The maximum atomic E-state index is 14.1. The van der Waals surface area contributed by atoms with E-state index in [0.717, 1.165) is 28.0 Å². The Kier molecular flexibility index (Phi) is 9.87. The lowest BCUT2D eigenvalue weighted by atomic mass is 10.0. The van der Waals surface area contributed by atoms with Crippen LogP contribution in [-0.4, -0.2) is 46.7 Å². The lowest BCUT2D eigenvalue weighted by molar-refractivity contribution is -0.133. The summed E-state index contributed by atoms with van der Waals surface area (Å²) >= 11 is 0. The van der Waals surface area contributed by atoms with Crippen molar-refractivity contribution >= 4 is 16.8 Å². The van der Waals surface area contributed by atoms with Crippen LogP contribution < -0.4 is 10.3 Å². The number of rotatable bonds is 12. The highest BCUT2D eigenvalue weighted by Gasteiger charge is 2.27. The fourth-order valence-electron chi connectivity index (χ4n) is 5.50. The molecule has 1 heterocycles. The van der Waals surface area contributed by atoms with E-state index >= 15 is 0 Å². The number of nitrogens with zero attached hydrogens (tertiary/aromatic N) is 3. The van der Waals surface area contributed by atoms with Gasteiger partial charge in [0.15, 0.2) is 0 Å². The zero-order chi connectivity index (χ0) is 31.1. The van der Waals surface area contributed by atoms with Crippen molar-refractivity contribution in [3.63, 3.8) is 0 Å². The molecule has 0 fully saturated rings. The minimum absolute atomic E-state index is 0.0681. The van der Waals surface area contributed by atoms with Gasteiger partial charge in [-0.2, -0.15) is 0 Å². The lowest BCUT2D eigenvalue weighted by Gasteiger charge is -2.31. The summed E-state index contributed by atoms with van der Waals surface area (Å²) in [4.78, 5) is 34.9. The lowest BCUT2D eigenvalue weighted by Crippen LogP contribution is -2.40. The second-order valence-corrected chi connectivity index (χ2v) is 10.7. The Morgan fingerprint density at radius 1 is 0.864 bits per heavy atom. The Morgan fingerprint density at radius 2 is 1.57 bits per heavy atom. The Balaban J connectivity index is 1.53. The summed E-state index contributed by atoms with van der Waals surface area (Å²) in [5.74, 6) is 1.14. The standard InChI is InChI=1S/C37H39N3O4/c1-5-43-24-23-39(34(41)25-28-15-17-30(18-16-28)29-12-8-7-9-13-29)27(4)36-38-33-14-10-11-26(3)35(33)37(42)40(36)31-19-21-32(22-20-31)44-6-2/h7-22,27H,5-6,23-25H2,1-4H3. The molecule has 0 aliphatic carbocycles. The number of carbonyl (C=O) groups is 1. The second-order valence-electron chi connectivity index (χ2n) is 10.7. The highest BCUT2D eigenvalue weighted by Crippen LogP contribution is 2.26. The molecule has 0 spiro atoms. The van der Waals surface area contributed by atoms with Crippen molar-refractivity contribution in [2.75, 3.05) is 26.4 Å². The number of aryl methyl sites for hydroxylation is 1. The van der Waals surface area contributed by atoms with Crippen LogP contribution in [0.15, 0.2) is 102 Å². The topological polar surface area (TPSA) is 73.7 Å². The molecule has 0 bridgehead atoms. The number of benzene rings is 4. The molecule has 44 heavy (non-hydrogen) atoms. The number of fused-ring (bicyclic) bond motifs is 1. The third kappa shape index (κ3) is 6.74. The fourth-order valence-corrected chi connectivity index (χ4v) is 5.50. The fraction of sp³-hybridized carbons (Fsp3) is 0.270. The summed E-state index contributed by atoms with van der Waals surface area (Å²) < 4.78 is 12.9. The molecule has 0 radical (unpaired) electrons. The molecule has 0 saturated carbocycles. The van der Waals surface area contributed by atoms with Crippen LogP contribution in [-0.2, 0) is 16.0 Å². The van der Waals surface area contributed by atoms with Crippen LogP contribution in [0.25, 0.3) is 27.7 Å². The van der Waals surface area contributed by atoms with E-state index in [9.17, 15) is 9.59 Å². The van der Waals surface area contributed by atoms with Crippen LogP contribution in [0.3, 0.4) is 0 Å². The van der Waals surface area contributed by atoms with Gasteiger partial charge in [0.25, 0.3) is 5.56 Å². The number of hydrogen-bond donors (Lipinski definition) is 0. The van der Waals surface area contributed by atoms with Gasteiger partial charge < -0.3 is 14.4 Å². The highest BCUT2D eigenvalue weighted by atomic mass is 16.5. The van der Waals surface area contributed by atoms with Crippen LogP contribution >= 0.6 is 0 Å². The van der Waals surface area contributed by atoms with Crippen molar-refractivity contribution in [1.29, 1.82) is 0 Å². The molecule has 1 unspecified atom stereocenters. The summed E-state index contributed by atoms with van der Waals surface area (Å²) in [5.41, 5.74) is 5.07. The minimum atomic E-state index is -0.518. The maximum absolute atomic E-state index is 14.1. The molecule has 5 aromatic rings. The number of amides is 1. The average Bonchev–Trinajstić information content (AvgIpc) is 3.04. The summed E-state index contributed by atoms with van der Waals surface area (Å²) in [6, 6.07) is 30.8. The average molecular weight is 590 g/mol. The van der Waals surface area contributed by atoms with E-state index in [1.165, 1.54) is 0 Å². The van der Waals surface area contributed by atoms with Gasteiger partial charge in [-0.05, 0) is 80.3 Å². The van der Waals surface area contributed by atoms with Gasteiger partial charge in [0.05, 0.1) is 42.3 Å². The summed E-state index contributed by atoms with van der Waals surface area (Å²) in [6.45, 7) is 9.53. The van der Waals surface area contributed by atoms with Gasteiger partial charge >= 0.3 is 0 Å². The van der Waals surface area contributed by atoms with Crippen molar-refractivity contribution in [3.05, 3.63) is 124 Å². The third-order valence-corrected chi connectivity index (χ3v) is 7.80. The third-order valence-electron chi connectivity index (χ3n) is 7.80. The molecule has 5 rings (SSSR count). The maximum Gasteiger partial charge on any atom is 0.266 e. The smallest absolute Gasteiger partial charge is 0.266 e. The molecule has 226 valence electrons. The first-order valence-corrected chi connectivity index (χ1v) is 15.2. The predicted molar refractivity (Wildman–Crippen MR) is 175 cm³/mol. The summed E-state index contributed by atoms with van der Waals surface area (Å²) in [5, 5.41) is 0.558. The van der Waals surface area contributed by atoms with Crippen molar-refractivity contribution in [2.45, 2.75) is 40.2 Å². The molecule has 0 N–H and O–H groups in total. The molecule has 0 saturated heterocycles. The number of hydrogen-bond acceptors (Lipinski definition) is 5. The van der Waals surface area contributed by atoms with Crippen LogP contribution in [0.2, 0.25) is 0 Å². The Morgan fingerprint density at radius 3 is 2.25 bits per heavy atom. The first-order valence-electron chi connectivity index (χ1n) is 15.2. The largest absolute Gasteiger partial charge is 0.494 e. The second kappa shape index (κ2) is 14.1. The van der Waals surface area contributed by atoms with Crippen LogP contribution in [0.5, 0.6) is 5.75 Å². The molecule has 1 aromatic heterocycles.